The fourth-order valence-electron chi connectivity index (χ4n) is 11.5. The van der Waals surface area contributed by atoms with Crippen LogP contribution in [0.4, 0.5) is 0 Å². The van der Waals surface area contributed by atoms with Crippen molar-refractivity contribution in [2.75, 3.05) is 13.2 Å². The van der Waals surface area contributed by atoms with Crippen LogP contribution in [0.25, 0.3) is 0 Å². The van der Waals surface area contributed by atoms with Crippen LogP contribution in [0.3, 0.4) is 0 Å². The number of hydrogen-bond acceptors (Lipinski definition) is 6. The molecule has 0 saturated heterocycles. The Hall–Kier alpha value is -2.37. The standard InChI is InChI=1S/C77H144O6/c1-4-7-10-13-16-19-22-25-27-29-31-33-34-35-36-37-38-39-40-41-42-44-45-47-49-52-55-58-61-64-67-70-76(79)82-73-74(72-81-75(78)69-66-63-60-57-54-51-24-21-18-15-12-9-6-3)83-77(80)71-68-65-62-59-56-53-50-48-46-43-32-30-28-26-23-20-17-14-11-8-5-2/h12,15,21,24,29,31,74H,4-11,13-14,16-20,22-23,25-28,30,32-73H2,1-3H3/b15-12-,24-21-,31-29-. The van der Waals surface area contributed by atoms with Gasteiger partial charge in [-0.25, -0.2) is 0 Å². The Balaban J connectivity index is 4.15. The molecule has 0 fully saturated rings. The van der Waals surface area contributed by atoms with Gasteiger partial charge in [0.2, 0.25) is 0 Å². The van der Waals surface area contributed by atoms with Gasteiger partial charge in [0.25, 0.3) is 0 Å². The van der Waals surface area contributed by atoms with E-state index in [9.17, 15) is 14.4 Å². The van der Waals surface area contributed by atoms with Crippen LogP contribution >= 0.6 is 0 Å². The second kappa shape index (κ2) is 72.1. The van der Waals surface area contributed by atoms with Gasteiger partial charge in [-0.2, -0.15) is 0 Å². The lowest BCUT2D eigenvalue weighted by Gasteiger charge is -2.18. The van der Waals surface area contributed by atoms with Gasteiger partial charge in [-0.3, -0.25) is 14.4 Å². The van der Waals surface area contributed by atoms with E-state index in [1.165, 1.54) is 295 Å². The minimum atomic E-state index is -0.776. The third-order valence-corrected chi connectivity index (χ3v) is 17.1. The molecule has 83 heavy (non-hydrogen) atoms. The zero-order valence-corrected chi connectivity index (χ0v) is 56.2. The molecule has 488 valence electrons. The molecule has 0 aliphatic rings. The first-order valence-corrected chi connectivity index (χ1v) is 37.5. The topological polar surface area (TPSA) is 78.9 Å². The van der Waals surface area contributed by atoms with Crippen molar-refractivity contribution in [3.8, 4) is 0 Å². The highest BCUT2D eigenvalue weighted by Gasteiger charge is 2.20. The average Bonchev–Trinajstić information content (AvgIpc) is 3.49. The van der Waals surface area contributed by atoms with Crippen LogP contribution in [0.2, 0.25) is 0 Å². The molecule has 0 amide bonds. The molecule has 0 aromatic rings. The van der Waals surface area contributed by atoms with Crippen molar-refractivity contribution in [3.63, 3.8) is 0 Å². The molecule has 0 aromatic carbocycles. The fourth-order valence-corrected chi connectivity index (χ4v) is 11.5. The predicted octanol–water partition coefficient (Wildman–Crippen LogP) is 25.9. The first-order valence-electron chi connectivity index (χ1n) is 37.5. The molecule has 0 bridgehead atoms. The monoisotopic (exact) mass is 1170 g/mol. The molecular weight excluding hydrogens is 1020 g/mol. The Labute approximate surface area is 518 Å². The Morgan fingerprint density at radius 3 is 0.723 bits per heavy atom. The minimum absolute atomic E-state index is 0.0707. The summed E-state index contributed by atoms with van der Waals surface area (Å²) in [7, 11) is 0. The Kier molecular flexibility index (Phi) is 70.0. The van der Waals surface area contributed by atoms with Crippen LogP contribution in [-0.2, 0) is 28.6 Å². The molecule has 0 saturated carbocycles. The van der Waals surface area contributed by atoms with Crippen LogP contribution in [0.15, 0.2) is 36.5 Å². The van der Waals surface area contributed by atoms with Crippen molar-refractivity contribution < 1.29 is 28.6 Å². The van der Waals surface area contributed by atoms with E-state index in [4.69, 9.17) is 14.2 Å². The summed E-state index contributed by atoms with van der Waals surface area (Å²) < 4.78 is 17.0. The van der Waals surface area contributed by atoms with Crippen LogP contribution in [-0.4, -0.2) is 37.2 Å². The molecule has 0 rings (SSSR count). The summed E-state index contributed by atoms with van der Waals surface area (Å²) in [6, 6.07) is 0. The number of rotatable bonds is 70. The summed E-state index contributed by atoms with van der Waals surface area (Å²) in [6.45, 7) is 6.65. The summed E-state index contributed by atoms with van der Waals surface area (Å²) >= 11 is 0. The summed E-state index contributed by atoms with van der Waals surface area (Å²) in [5.41, 5.74) is 0. The van der Waals surface area contributed by atoms with Crippen LogP contribution < -0.4 is 0 Å². The zero-order chi connectivity index (χ0) is 59.9. The van der Waals surface area contributed by atoms with Crippen molar-refractivity contribution in [1.82, 2.24) is 0 Å². The van der Waals surface area contributed by atoms with Gasteiger partial charge in [-0.15, -0.1) is 0 Å². The lowest BCUT2D eigenvalue weighted by Crippen LogP contribution is -2.30. The number of ether oxygens (including phenoxy) is 3. The highest BCUT2D eigenvalue weighted by atomic mass is 16.6. The maximum Gasteiger partial charge on any atom is 0.306 e. The van der Waals surface area contributed by atoms with Crippen molar-refractivity contribution in [2.45, 2.75) is 425 Å². The number of carbonyl (C=O) groups is 3. The van der Waals surface area contributed by atoms with E-state index in [1.54, 1.807) is 0 Å². The molecule has 0 radical (unpaired) electrons. The van der Waals surface area contributed by atoms with Gasteiger partial charge >= 0.3 is 17.9 Å². The van der Waals surface area contributed by atoms with Gasteiger partial charge in [-0.05, 0) is 70.6 Å². The van der Waals surface area contributed by atoms with Crippen molar-refractivity contribution >= 4 is 17.9 Å². The predicted molar refractivity (Wildman–Crippen MR) is 362 cm³/mol. The van der Waals surface area contributed by atoms with Gasteiger partial charge in [0.15, 0.2) is 6.10 Å². The van der Waals surface area contributed by atoms with E-state index in [0.717, 1.165) is 83.5 Å². The number of unbranched alkanes of at least 4 members (excludes halogenated alkanes) is 53. The molecule has 6 nitrogen and oxygen atoms in total. The summed E-state index contributed by atoms with van der Waals surface area (Å²) in [5, 5.41) is 0. The summed E-state index contributed by atoms with van der Waals surface area (Å²) in [5.74, 6) is -0.854. The number of hydrogen-bond donors (Lipinski definition) is 0. The third-order valence-electron chi connectivity index (χ3n) is 17.1. The summed E-state index contributed by atoms with van der Waals surface area (Å²) in [6.07, 6.45) is 90.6. The normalized spacial score (nSPS) is 12.2. The Morgan fingerprint density at radius 2 is 0.458 bits per heavy atom. The maximum absolute atomic E-state index is 13.0. The first-order chi connectivity index (χ1) is 41.0. The minimum Gasteiger partial charge on any atom is -0.462 e. The van der Waals surface area contributed by atoms with Crippen LogP contribution in [0.1, 0.15) is 419 Å². The van der Waals surface area contributed by atoms with E-state index < -0.39 is 6.10 Å². The Bertz CT molecular complexity index is 1380. The highest BCUT2D eigenvalue weighted by molar-refractivity contribution is 5.71. The van der Waals surface area contributed by atoms with E-state index >= 15 is 0 Å². The third kappa shape index (κ3) is 70.3. The molecule has 0 heterocycles. The second-order valence-electron chi connectivity index (χ2n) is 25.6. The molecule has 1 atom stereocenters. The molecule has 0 spiro atoms. The van der Waals surface area contributed by atoms with E-state index in [-0.39, 0.29) is 31.1 Å². The second-order valence-corrected chi connectivity index (χ2v) is 25.6. The smallest absolute Gasteiger partial charge is 0.306 e. The van der Waals surface area contributed by atoms with Gasteiger partial charge in [0, 0.05) is 19.3 Å². The largest absolute Gasteiger partial charge is 0.462 e. The van der Waals surface area contributed by atoms with Gasteiger partial charge in [0.05, 0.1) is 0 Å². The molecule has 0 N–H and O–H groups in total. The van der Waals surface area contributed by atoms with Gasteiger partial charge < -0.3 is 14.2 Å². The summed E-state index contributed by atoms with van der Waals surface area (Å²) in [4.78, 5) is 38.4. The van der Waals surface area contributed by atoms with Crippen molar-refractivity contribution in [2.24, 2.45) is 0 Å². The fraction of sp³-hybridized carbons (Fsp3) is 0.883. The SMILES string of the molecule is CCC/C=C\C/C=C\CCCCCCCC(=O)OCC(COC(=O)CCCCCCCCCCCCCCCCCCCCC/C=C\CCCCCCCCCC)OC(=O)CCCCCCCCCCCCCCCCCCCCCCC. The van der Waals surface area contributed by atoms with Crippen LogP contribution in [0.5, 0.6) is 0 Å². The molecule has 0 aromatic heterocycles. The Morgan fingerprint density at radius 1 is 0.241 bits per heavy atom. The highest BCUT2D eigenvalue weighted by Crippen LogP contribution is 2.19. The van der Waals surface area contributed by atoms with Gasteiger partial charge in [0.1, 0.15) is 13.2 Å². The van der Waals surface area contributed by atoms with E-state index in [0.29, 0.717) is 19.3 Å². The van der Waals surface area contributed by atoms with Crippen molar-refractivity contribution in [3.05, 3.63) is 36.5 Å². The van der Waals surface area contributed by atoms with E-state index in [1.807, 2.05) is 0 Å². The van der Waals surface area contributed by atoms with Crippen molar-refractivity contribution in [1.29, 1.82) is 0 Å². The molecular formula is C77H144O6. The van der Waals surface area contributed by atoms with Crippen LogP contribution in [0, 0.1) is 0 Å². The molecule has 6 heteroatoms. The number of carbonyl (C=O) groups excluding carboxylic acids is 3. The van der Waals surface area contributed by atoms with Gasteiger partial charge in [-0.1, -0.05) is 365 Å². The quantitative estimate of drug-likeness (QED) is 0.0261. The molecule has 1 unspecified atom stereocenters. The lowest BCUT2D eigenvalue weighted by atomic mass is 10.0. The number of esters is 3. The molecule has 0 aliphatic carbocycles. The first kappa shape index (κ1) is 80.6. The average molecular weight is 1170 g/mol. The van der Waals surface area contributed by atoms with E-state index in [2.05, 4.69) is 57.2 Å². The molecule has 0 aliphatic heterocycles. The maximum atomic E-state index is 13.0. The number of allylic oxidation sites excluding steroid dienone is 6. The zero-order valence-electron chi connectivity index (χ0n) is 56.2. The lowest BCUT2D eigenvalue weighted by molar-refractivity contribution is -0.167.